The predicted octanol–water partition coefficient (Wildman–Crippen LogP) is 3.28. The highest BCUT2D eigenvalue weighted by atomic mass is 32.1. The Morgan fingerprint density at radius 2 is 2.10 bits per heavy atom. The maximum Gasteiger partial charge on any atom is 0.271 e. The third kappa shape index (κ3) is 3.81. The molecule has 1 aliphatic heterocycles. The summed E-state index contributed by atoms with van der Waals surface area (Å²) in [7, 11) is 1.59. The van der Waals surface area contributed by atoms with Crippen LogP contribution in [0.25, 0.3) is 10.2 Å². The molecule has 0 saturated carbocycles. The number of ether oxygens (including phenoxy) is 2. The number of fused-ring (bicyclic) bond motifs is 3. The summed E-state index contributed by atoms with van der Waals surface area (Å²) in [6, 6.07) is 11.6. The standard InChI is InChI=1S/C23H27N3O4S/c1-4-30-19-8-6-5-7-17(19)14-26-20(27)18-13-16-9-12-31-21(16)25(18)15-23(26,2)22(28)24-10-11-29-3/h5-9,12-13H,4,10-11,14-15H2,1-3H3,(H,24,28)/t23-/m0/s1. The zero-order chi connectivity index (χ0) is 22.0. The molecule has 164 valence electrons. The molecule has 1 aromatic carbocycles. The Balaban J connectivity index is 1.75. The van der Waals surface area contributed by atoms with Gasteiger partial charge in [0.25, 0.3) is 5.91 Å². The maximum absolute atomic E-state index is 13.7. The molecule has 3 heterocycles. The Bertz CT molecular complexity index is 1110. The monoisotopic (exact) mass is 441 g/mol. The molecule has 8 heteroatoms. The minimum atomic E-state index is -1.06. The second kappa shape index (κ2) is 8.72. The first-order chi connectivity index (χ1) is 15.0. The number of amides is 2. The lowest BCUT2D eigenvalue weighted by molar-refractivity contribution is -0.133. The minimum Gasteiger partial charge on any atom is -0.494 e. The van der Waals surface area contributed by atoms with E-state index in [4.69, 9.17) is 9.47 Å². The molecule has 7 nitrogen and oxygen atoms in total. The van der Waals surface area contributed by atoms with Gasteiger partial charge in [-0.25, -0.2) is 0 Å². The molecule has 31 heavy (non-hydrogen) atoms. The van der Waals surface area contributed by atoms with Crippen molar-refractivity contribution in [3.8, 4) is 5.75 Å². The van der Waals surface area contributed by atoms with Crippen LogP contribution in [0.3, 0.4) is 0 Å². The summed E-state index contributed by atoms with van der Waals surface area (Å²) in [5, 5.41) is 5.96. The summed E-state index contributed by atoms with van der Waals surface area (Å²) < 4.78 is 12.8. The van der Waals surface area contributed by atoms with Gasteiger partial charge >= 0.3 is 0 Å². The molecular weight excluding hydrogens is 414 g/mol. The first-order valence-corrected chi connectivity index (χ1v) is 11.2. The van der Waals surface area contributed by atoms with Gasteiger partial charge in [0.15, 0.2) is 0 Å². The van der Waals surface area contributed by atoms with E-state index >= 15 is 0 Å². The summed E-state index contributed by atoms with van der Waals surface area (Å²) in [5.74, 6) is 0.364. The summed E-state index contributed by atoms with van der Waals surface area (Å²) in [4.78, 5) is 29.7. The number of nitrogens with one attached hydrogen (secondary N) is 1. The number of thiophene rings is 1. The van der Waals surface area contributed by atoms with E-state index in [0.717, 1.165) is 21.5 Å². The van der Waals surface area contributed by atoms with E-state index in [9.17, 15) is 9.59 Å². The van der Waals surface area contributed by atoms with Crippen LogP contribution in [0.5, 0.6) is 5.75 Å². The molecule has 0 aliphatic carbocycles. The Hall–Kier alpha value is -2.84. The van der Waals surface area contributed by atoms with Crippen molar-refractivity contribution in [1.82, 2.24) is 14.8 Å². The van der Waals surface area contributed by atoms with Crippen molar-refractivity contribution in [3.63, 3.8) is 0 Å². The van der Waals surface area contributed by atoms with E-state index in [1.807, 2.05) is 60.2 Å². The van der Waals surface area contributed by atoms with Gasteiger partial charge in [0.2, 0.25) is 5.91 Å². The molecule has 0 bridgehead atoms. The molecule has 1 N–H and O–H groups in total. The molecule has 2 aromatic heterocycles. The lowest BCUT2D eigenvalue weighted by Gasteiger charge is -2.44. The van der Waals surface area contributed by atoms with Crippen molar-refractivity contribution >= 4 is 33.4 Å². The molecule has 1 atom stereocenters. The average molecular weight is 442 g/mol. The lowest BCUT2D eigenvalue weighted by atomic mass is 9.93. The van der Waals surface area contributed by atoms with E-state index in [-0.39, 0.29) is 18.4 Å². The first-order valence-electron chi connectivity index (χ1n) is 10.4. The third-order valence-electron chi connectivity index (χ3n) is 5.71. The van der Waals surface area contributed by atoms with E-state index in [1.165, 1.54) is 0 Å². The number of para-hydroxylation sites is 1. The summed E-state index contributed by atoms with van der Waals surface area (Å²) in [5.41, 5.74) is 0.418. The van der Waals surface area contributed by atoms with Crippen molar-refractivity contribution in [2.24, 2.45) is 0 Å². The molecule has 2 amide bonds. The molecule has 0 spiro atoms. The Kier molecular flexibility index (Phi) is 6.02. The van der Waals surface area contributed by atoms with Crippen molar-refractivity contribution in [3.05, 3.63) is 53.0 Å². The van der Waals surface area contributed by atoms with Gasteiger partial charge < -0.3 is 24.3 Å². The van der Waals surface area contributed by atoms with Crippen molar-refractivity contribution in [1.29, 1.82) is 0 Å². The lowest BCUT2D eigenvalue weighted by Crippen LogP contribution is -2.63. The molecule has 1 aliphatic rings. The highest BCUT2D eigenvalue weighted by Gasteiger charge is 2.47. The van der Waals surface area contributed by atoms with Crippen LogP contribution in [0.15, 0.2) is 41.8 Å². The maximum atomic E-state index is 13.7. The average Bonchev–Trinajstić information content (AvgIpc) is 3.35. The number of nitrogens with zero attached hydrogens (tertiary/aromatic N) is 2. The number of carbonyl (C=O) groups excluding carboxylic acids is 2. The van der Waals surface area contributed by atoms with Crippen LogP contribution in [0, 0.1) is 0 Å². The Morgan fingerprint density at radius 3 is 2.87 bits per heavy atom. The van der Waals surface area contributed by atoms with Crippen molar-refractivity contribution in [2.45, 2.75) is 32.5 Å². The molecule has 3 aromatic rings. The first kappa shape index (κ1) is 21.4. The summed E-state index contributed by atoms with van der Waals surface area (Å²) in [6.45, 7) is 5.74. The second-order valence-corrected chi connectivity index (χ2v) is 8.65. The van der Waals surface area contributed by atoms with Crippen molar-refractivity contribution < 1.29 is 19.1 Å². The quantitative estimate of drug-likeness (QED) is 0.545. The second-order valence-electron chi connectivity index (χ2n) is 7.75. The fourth-order valence-corrected chi connectivity index (χ4v) is 4.96. The SMILES string of the molecule is CCOc1ccccc1CN1C(=O)c2cc3ccsc3n2C[C@@]1(C)C(=O)NCCOC. The van der Waals surface area contributed by atoms with Crippen LogP contribution in [-0.2, 0) is 22.6 Å². The van der Waals surface area contributed by atoms with Crippen LogP contribution in [0.1, 0.15) is 29.9 Å². The normalized spacial score (nSPS) is 18.3. The number of carbonyl (C=O) groups is 2. The van der Waals surface area contributed by atoms with E-state index < -0.39 is 5.54 Å². The van der Waals surface area contributed by atoms with Gasteiger partial charge in [-0.1, -0.05) is 18.2 Å². The zero-order valence-electron chi connectivity index (χ0n) is 18.0. The van der Waals surface area contributed by atoms with Gasteiger partial charge in [0, 0.05) is 24.6 Å². The Labute approximate surface area is 185 Å². The van der Waals surface area contributed by atoms with Crippen molar-refractivity contribution in [2.75, 3.05) is 26.9 Å². The number of hydrogen-bond donors (Lipinski definition) is 1. The number of rotatable bonds is 8. The van der Waals surface area contributed by atoms with Gasteiger partial charge in [0.1, 0.15) is 21.8 Å². The summed E-state index contributed by atoms with van der Waals surface area (Å²) in [6.07, 6.45) is 0. The van der Waals surface area contributed by atoms with Gasteiger partial charge in [0.05, 0.1) is 26.3 Å². The van der Waals surface area contributed by atoms with Crippen LogP contribution in [0.2, 0.25) is 0 Å². The molecule has 0 saturated heterocycles. The number of benzene rings is 1. The molecular formula is C23H27N3O4S. The smallest absolute Gasteiger partial charge is 0.271 e. The largest absolute Gasteiger partial charge is 0.494 e. The predicted molar refractivity (Wildman–Crippen MR) is 121 cm³/mol. The Morgan fingerprint density at radius 1 is 1.29 bits per heavy atom. The fraction of sp³-hybridized carbons (Fsp3) is 0.391. The molecule has 0 unspecified atom stereocenters. The molecule has 0 radical (unpaired) electrons. The zero-order valence-corrected chi connectivity index (χ0v) is 18.8. The van der Waals surface area contributed by atoms with E-state index in [0.29, 0.717) is 32.0 Å². The number of methoxy groups -OCH3 is 1. The van der Waals surface area contributed by atoms with Gasteiger partial charge in [-0.05, 0) is 37.4 Å². The fourth-order valence-electron chi connectivity index (χ4n) is 4.06. The number of aromatic nitrogens is 1. The van der Waals surface area contributed by atoms with Crippen LogP contribution in [-0.4, -0.2) is 53.7 Å². The van der Waals surface area contributed by atoms with Crippen LogP contribution < -0.4 is 10.1 Å². The van der Waals surface area contributed by atoms with Gasteiger partial charge in [-0.15, -0.1) is 11.3 Å². The highest BCUT2D eigenvalue weighted by Crippen LogP contribution is 2.36. The number of hydrogen-bond acceptors (Lipinski definition) is 5. The van der Waals surface area contributed by atoms with E-state index in [1.54, 1.807) is 23.3 Å². The van der Waals surface area contributed by atoms with Crippen LogP contribution in [0.4, 0.5) is 0 Å². The highest BCUT2D eigenvalue weighted by molar-refractivity contribution is 7.16. The summed E-state index contributed by atoms with van der Waals surface area (Å²) >= 11 is 1.58. The third-order valence-corrected chi connectivity index (χ3v) is 6.66. The van der Waals surface area contributed by atoms with Gasteiger partial charge in [-0.3, -0.25) is 9.59 Å². The molecule has 4 rings (SSSR count). The molecule has 0 fully saturated rings. The topological polar surface area (TPSA) is 72.8 Å². The van der Waals surface area contributed by atoms with Gasteiger partial charge in [-0.2, -0.15) is 0 Å². The van der Waals surface area contributed by atoms with Crippen LogP contribution >= 0.6 is 11.3 Å². The van der Waals surface area contributed by atoms with E-state index in [2.05, 4.69) is 5.32 Å². The minimum absolute atomic E-state index is 0.162.